The molecule has 4 rings (SSSR count). The predicted octanol–water partition coefficient (Wildman–Crippen LogP) is 5.19. The van der Waals surface area contributed by atoms with Crippen LogP contribution in [0.25, 0.3) is 0 Å². The summed E-state index contributed by atoms with van der Waals surface area (Å²) >= 11 is 0. The van der Waals surface area contributed by atoms with Crippen molar-refractivity contribution in [3.8, 4) is 0 Å². The molecule has 3 aromatic rings. The van der Waals surface area contributed by atoms with E-state index in [1.807, 2.05) is 36.4 Å². The standard InChI is InChI=1S/C26H29N2O/c1-22(29)28(24-13-7-3-8-14-24,25-15-9-4-10-16-25)26-18-20-27(21-26)19-17-23-11-5-2-6-12-23/h2-16,26H,17-21H2,1H3/q+1/t26-/m0/s1. The Morgan fingerprint density at radius 1 is 0.862 bits per heavy atom. The first-order chi connectivity index (χ1) is 14.2. The molecule has 1 heterocycles. The van der Waals surface area contributed by atoms with Crippen LogP contribution in [-0.2, 0) is 11.2 Å². The zero-order valence-electron chi connectivity index (χ0n) is 17.1. The fourth-order valence-corrected chi connectivity index (χ4v) is 4.78. The molecule has 0 N–H and O–H groups in total. The molecule has 29 heavy (non-hydrogen) atoms. The third-order valence-electron chi connectivity index (χ3n) is 6.18. The van der Waals surface area contributed by atoms with Gasteiger partial charge in [-0.25, -0.2) is 4.79 Å². The molecule has 3 aromatic carbocycles. The highest BCUT2D eigenvalue weighted by molar-refractivity contribution is 5.94. The van der Waals surface area contributed by atoms with Gasteiger partial charge in [-0.15, -0.1) is 0 Å². The largest absolute Gasteiger partial charge is 0.320 e. The summed E-state index contributed by atoms with van der Waals surface area (Å²) in [4.78, 5) is 15.8. The lowest BCUT2D eigenvalue weighted by atomic mass is 10.0. The lowest BCUT2D eigenvalue weighted by Crippen LogP contribution is -2.57. The molecular weight excluding hydrogens is 356 g/mol. The third kappa shape index (κ3) is 3.89. The number of carbonyl (C=O) groups is 1. The molecule has 0 bridgehead atoms. The topological polar surface area (TPSA) is 20.3 Å². The van der Waals surface area contributed by atoms with Crippen LogP contribution in [0.5, 0.6) is 0 Å². The Hall–Kier alpha value is -2.75. The van der Waals surface area contributed by atoms with Gasteiger partial charge in [0.2, 0.25) is 0 Å². The Balaban J connectivity index is 1.63. The van der Waals surface area contributed by atoms with Crippen LogP contribution in [0, 0.1) is 0 Å². The second kappa shape index (κ2) is 8.73. The van der Waals surface area contributed by atoms with Crippen LogP contribution in [0.1, 0.15) is 18.9 Å². The number of carbonyl (C=O) groups excluding carboxylic acids is 1. The molecule has 1 atom stereocenters. The quantitative estimate of drug-likeness (QED) is 0.544. The van der Waals surface area contributed by atoms with E-state index < -0.39 is 0 Å². The molecule has 148 valence electrons. The van der Waals surface area contributed by atoms with E-state index >= 15 is 0 Å². The average Bonchev–Trinajstić information content (AvgIpc) is 3.24. The predicted molar refractivity (Wildman–Crippen MR) is 120 cm³/mol. The van der Waals surface area contributed by atoms with Crippen LogP contribution in [0.3, 0.4) is 0 Å². The van der Waals surface area contributed by atoms with Gasteiger partial charge in [-0.05, 0) is 12.0 Å². The van der Waals surface area contributed by atoms with Crippen molar-refractivity contribution in [2.75, 3.05) is 19.6 Å². The van der Waals surface area contributed by atoms with Gasteiger partial charge in [0.1, 0.15) is 17.4 Å². The number of quaternary nitrogens is 1. The number of amides is 1. The first-order valence-electron chi connectivity index (χ1n) is 10.5. The highest BCUT2D eigenvalue weighted by atomic mass is 16.2. The van der Waals surface area contributed by atoms with Crippen LogP contribution >= 0.6 is 0 Å². The maximum absolute atomic E-state index is 13.3. The minimum atomic E-state index is 0.178. The van der Waals surface area contributed by atoms with E-state index in [2.05, 4.69) is 59.5 Å². The Morgan fingerprint density at radius 2 is 1.38 bits per heavy atom. The second-order valence-electron chi connectivity index (χ2n) is 7.89. The Labute approximate surface area is 173 Å². The fraction of sp³-hybridized carbons (Fsp3) is 0.269. The number of benzene rings is 3. The molecule has 1 saturated heterocycles. The summed E-state index contributed by atoms with van der Waals surface area (Å²) in [5.74, 6) is 0.178. The molecule has 1 amide bonds. The Morgan fingerprint density at radius 3 is 1.90 bits per heavy atom. The van der Waals surface area contributed by atoms with Crippen LogP contribution in [0.2, 0.25) is 0 Å². The molecule has 3 heteroatoms. The van der Waals surface area contributed by atoms with Crippen molar-refractivity contribution in [3.05, 3.63) is 96.6 Å². The average molecular weight is 386 g/mol. The summed E-state index contributed by atoms with van der Waals surface area (Å²) < 4.78 is 0.295. The van der Waals surface area contributed by atoms with E-state index in [-0.39, 0.29) is 11.9 Å². The summed E-state index contributed by atoms with van der Waals surface area (Å²) in [7, 11) is 0. The number of para-hydroxylation sites is 2. The summed E-state index contributed by atoms with van der Waals surface area (Å²) in [6.07, 6.45) is 2.06. The van der Waals surface area contributed by atoms with Gasteiger partial charge < -0.3 is 0 Å². The van der Waals surface area contributed by atoms with Gasteiger partial charge in [-0.2, -0.15) is 4.48 Å². The van der Waals surface area contributed by atoms with Gasteiger partial charge in [0.15, 0.2) is 0 Å². The first-order valence-corrected chi connectivity index (χ1v) is 10.5. The molecule has 0 spiro atoms. The Bertz CT molecular complexity index is 885. The lowest BCUT2D eigenvalue weighted by molar-refractivity contribution is -0.126. The highest BCUT2D eigenvalue weighted by Crippen LogP contribution is 2.40. The van der Waals surface area contributed by atoms with E-state index in [1.54, 1.807) is 6.92 Å². The highest BCUT2D eigenvalue weighted by Gasteiger charge is 2.48. The van der Waals surface area contributed by atoms with Gasteiger partial charge in [0.05, 0.1) is 13.5 Å². The molecule has 3 nitrogen and oxygen atoms in total. The Kier molecular flexibility index (Phi) is 5.89. The minimum absolute atomic E-state index is 0.178. The second-order valence-corrected chi connectivity index (χ2v) is 7.89. The van der Waals surface area contributed by atoms with E-state index in [9.17, 15) is 4.79 Å². The SMILES string of the molecule is CC(=O)[N+](c1ccccc1)(c1ccccc1)[C@H]1CCN(CCc2ccccc2)C1. The maximum Gasteiger partial charge on any atom is 0.320 e. The summed E-state index contributed by atoms with van der Waals surface area (Å²) in [6.45, 7) is 4.73. The minimum Gasteiger partial charge on any atom is -0.297 e. The number of hydrogen-bond donors (Lipinski definition) is 0. The van der Waals surface area contributed by atoms with E-state index in [0.29, 0.717) is 4.48 Å². The van der Waals surface area contributed by atoms with Crippen molar-refractivity contribution in [3.63, 3.8) is 0 Å². The first kappa shape index (κ1) is 19.6. The van der Waals surface area contributed by atoms with Crippen LogP contribution in [0.4, 0.5) is 11.4 Å². The van der Waals surface area contributed by atoms with Crippen molar-refractivity contribution < 1.29 is 4.79 Å². The normalized spacial score (nSPS) is 17.3. The third-order valence-corrected chi connectivity index (χ3v) is 6.18. The zero-order chi connectivity index (χ0) is 20.1. The van der Waals surface area contributed by atoms with E-state index in [0.717, 1.165) is 43.9 Å². The van der Waals surface area contributed by atoms with Crippen molar-refractivity contribution in [1.29, 1.82) is 0 Å². The van der Waals surface area contributed by atoms with Crippen molar-refractivity contribution in [1.82, 2.24) is 9.38 Å². The molecule has 1 aliphatic rings. The number of rotatable bonds is 6. The van der Waals surface area contributed by atoms with Crippen molar-refractivity contribution in [2.45, 2.75) is 25.8 Å². The molecule has 1 fully saturated rings. The smallest absolute Gasteiger partial charge is 0.297 e. The summed E-state index contributed by atoms with van der Waals surface area (Å²) in [5, 5.41) is 0. The van der Waals surface area contributed by atoms with E-state index in [1.165, 1.54) is 5.56 Å². The molecule has 1 aliphatic heterocycles. The molecule has 0 aromatic heterocycles. The fourth-order valence-electron chi connectivity index (χ4n) is 4.78. The molecular formula is C26H29N2O+. The van der Waals surface area contributed by atoms with Gasteiger partial charge in [-0.1, -0.05) is 66.7 Å². The molecule has 0 saturated carbocycles. The monoisotopic (exact) mass is 385 g/mol. The van der Waals surface area contributed by atoms with E-state index in [4.69, 9.17) is 0 Å². The molecule has 0 aliphatic carbocycles. The molecule has 0 unspecified atom stereocenters. The number of hydrogen-bond acceptors (Lipinski definition) is 2. The summed E-state index contributed by atoms with van der Waals surface area (Å²) in [6, 6.07) is 31.4. The number of nitrogens with zero attached hydrogens (tertiary/aromatic N) is 2. The van der Waals surface area contributed by atoms with Crippen LogP contribution in [-0.4, -0.2) is 36.5 Å². The van der Waals surface area contributed by atoms with Crippen LogP contribution in [0.15, 0.2) is 91.0 Å². The van der Waals surface area contributed by atoms with Crippen molar-refractivity contribution in [2.24, 2.45) is 0 Å². The van der Waals surface area contributed by atoms with Gasteiger partial charge in [0.25, 0.3) is 0 Å². The maximum atomic E-state index is 13.3. The molecule has 0 radical (unpaired) electrons. The zero-order valence-corrected chi connectivity index (χ0v) is 17.1. The van der Waals surface area contributed by atoms with Gasteiger partial charge >= 0.3 is 5.91 Å². The van der Waals surface area contributed by atoms with Crippen LogP contribution < -0.4 is 4.48 Å². The summed E-state index contributed by atoms with van der Waals surface area (Å²) in [5.41, 5.74) is 3.48. The number of likely N-dealkylation sites (tertiary alicyclic amines) is 1. The van der Waals surface area contributed by atoms with Gasteiger partial charge in [0, 0.05) is 43.8 Å². The lowest BCUT2D eigenvalue weighted by Gasteiger charge is -2.39. The van der Waals surface area contributed by atoms with Crippen molar-refractivity contribution >= 4 is 17.3 Å². The van der Waals surface area contributed by atoms with Gasteiger partial charge in [-0.3, -0.25) is 4.90 Å².